The zero-order valence-corrected chi connectivity index (χ0v) is 11.3. The minimum atomic E-state index is -0.337. The van der Waals surface area contributed by atoms with E-state index in [4.69, 9.17) is 0 Å². The van der Waals surface area contributed by atoms with Gasteiger partial charge in [0.05, 0.1) is 7.11 Å². The topological polar surface area (TPSA) is 38.3 Å². The van der Waals surface area contributed by atoms with Crippen LogP contribution in [-0.2, 0) is 16.0 Å². The van der Waals surface area contributed by atoms with Crippen molar-refractivity contribution >= 4 is 27.6 Å². The number of benzene rings is 1. The summed E-state index contributed by atoms with van der Waals surface area (Å²) in [4.78, 5) is 11.3. The Morgan fingerprint density at radius 3 is 2.81 bits per heavy atom. The smallest absolute Gasteiger partial charge is 0.327 e. The number of aryl methyl sites for hydroxylation is 1. The lowest BCUT2D eigenvalue weighted by Gasteiger charge is -2.16. The molecule has 1 rings (SSSR count). The van der Waals surface area contributed by atoms with Crippen LogP contribution in [0.25, 0.3) is 0 Å². The lowest BCUT2D eigenvalue weighted by Crippen LogP contribution is -2.27. The van der Waals surface area contributed by atoms with Gasteiger partial charge in [-0.3, -0.25) is 0 Å². The Hall–Kier alpha value is -1.03. The van der Waals surface area contributed by atoms with Crippen molar-refractivity contribution in [2.45, 2.75) is 26.3 Å². The first kappa shape index (κ1) is 13.0. The van der Waals surface area contributed by atoms with Gasteiger partial charge in [0.1, 0.15) is 6.04 Å². The van der Waals surface area contributed by atoms with E-state index in [0.29, 0.717) is 0 Å². The first-order chi connectivity index (χ1) is 7.58. The predicted molar refractivity (Wildman–Crippen MR) is 68.6 cm³/mol. The number of esters is 1. The summed E-state index contributed by atoms with van der Waals surface area (Å²) in [6.07, 6.45) is 0.912. The summed E-state index contributed by atoms with van der Waals surface area (Å²) in [5, 5.41) is 3.14. The standard InChI is InChI=1S/C12H16BrNO2/c1-4-9-7-10(13)5-6-11(9)14-8(2)12(15)16-3/h5-8,14H,4H2,1-3H3. The highest BCUT2D eigenvalue weighted by molar-refractivity contribution is 9.10. The van der Waals surface area contributed by atoms with E-state index in [0.717, 1.165) is 16.6 Å². The number of halogens is 1. The fraction of sp³-hybridized carbons (Fsp3) is 0.417. The summed E-state index contributed by atoms with van der Waals surface area (Å²) >= 11 is 3.43. The maximum atomic E-state index is 11.3. The number of anilines is 1. The molecule has 0 aliphatic rings. The zero-order valence-electron chi connectivity index (χ0n) is 9.71. The fourth-order valence-electron chi connectivity index (χ4n) is 1.46. The highest BCUT2D eigenvalue weighted by Gasteiger charge is 2.13. The van der Waals surface area contributed by atoms with Crippen molar-refractivity contribution in [1.82, 2.24) is 0 Å². The van der Waals surface area contributed by atoms with Crippen LogP contribution in [0.4, 0.5) is 5.69 Å². The molecule has 0 aromatic heterocycles. The molecule has 0 aliphatic carbocycles. The van der Waals surface area contributed by atoms with E-state index in [9.17, 15) is 4.79 Å². The Morgan fingerprint density at radius 1 is 1.56 bits per heavy atom. The molecule has 0 radical (unpaired) electrons. The molecule has 3 nitrogen and oxygen atoms in total. The maximum Gasteiger partial charge on any atom is 0.327 e. The van der Waals surface area contributed by atoms with Gasteiger partial charge in [0.2, 0.25) is 0 Å². The third-order valence-corrected chi connectivity index (χ3v) is 2.87. The van der Waals surface area contributed by atoms with Gasteiger partial charge in [-0.15, -0.1) is 0 Å². The van der Waals surface area contributed by atoms with Gasteiger partial charge in [0.15, 0.2) is 0 Å². The van der Waals surface area contributed by atoms with Gasteiger partial charge < -0.3 is 10.1 Å². The molecular formula is C12H16BrNO2. The molecule has 1 N–H and O–H groups in total. The normalized spacial score (nSPS) is 12.0. The molecule has 4 heteroatoms. The number of ether oxygens (including phenoxy) is 1. The lowest BCUT2D eigenvalue weighted by atomic mass is 10.1. The van der Waals surface area contributed by atoms with Crippen molar-refractivity contribution in [1.29, 1.82) is 0 Å². The number of methoxy groups -OCH3 is 1. The molecule has 16 heavy (non-hydrogen) atoms. The molecule has 0 saturated heterocycles. The summed E-state index contributed by atoms with van der Waals surface area (Å²) in [6, 6.07) is 5.62. The van der Waals surface area contributed by atoms with Crippen LogP contribution in [0, 0.1) is 0 Å². The number of carbonyl (C=O) groups is 1. The minimum absolute atomic E-state index is 0.259. The van der Waals surface area contributed by atoms with Crippen molar-refractivity contribution in [3.05, 3.63) is 28.2 Å². The molecule has 0 fully saturated rings. The molecule has 0 saturated carbocycles. The summed E-state index contributed by atoms with van der Waals surface area (Å²) in [5.74, 6) is -0.259. The number of rotatable bonds is 4. The third kappa shape index (κ3) is 3.23. The van der Waals surface area contributed by atoms with Gasteiger partial charge in [-0.1, -0.05) is 22.9 Å². The van der Waals surface area contributed by atoms with Gasteiger partial charge in [-0.25, -0.2) is 4.79 Å². The summed E-state index contributed by atoms with van der Waals surface area (Å²) in [6.45, 7) is 3.86. The van der Waals surface area contributed by atoms with E-state index in [1.165, 1.54) is 12.7 Å². The van der Waals surface area contributed by atoms with Crippen LogP contribution in [0.15, 0.2) is 22.7 Å². The molecule has 88 valence electrons. The zero-order chi connectivity index (χ0) is 12.1. The molecule has 1 atom stereocenters. The van der Waals surface area contributed by atoms with Crippen LogP contribution >= 0.6 is 15.9 Å². The highest BCUT2D eigenvalue weighted by Crippen LogP contribution is 2.22. The van der Waals surface area contributed by atoms with Gasteiger partial charge in [0, 0.05) is 10.2 Å². The van der Waals surface area contributed by atoms with Crippen LogP contribution in [0.5, 0.6) is 0 Å². The van der Waals surface area contributed by atoms with Crippen LogP contribution in [0.3, 0.4) is 0 Å². The second-order valence-electron chi connectivity index (χ2n) is 3.54. The van der Waals surface area contributed by atoms with Crippen LogP contribution in [-0.4, -0.2) is 19.1 Å². The Labute approximate surface area is 104 Å². The largest absolute Gasteiger partial charge is 0.467 e. The average Bonchev–Trinajstić information content (AvgIpc) is 2.30. The van der Waals surface area contributed by atoms with Crippen molar-refractivity contribution in [2.75, 3.05) is 12.4 Å². The molecule has 0 aliphatic heterocycles. The second-order valence-corrected chi connectivity index (χ2v) is 4.46. The molecule has 0 bridgehead atoms. The van der Waals surface area contributed by atoms with Crippen LogP contribution in [0.2, 0.25) is 0 Å². The number of hydrogen-bond donors (Lipinski definition) is 1. The molecule has 1 aromatic rings. The average molecular weight is 286 g/mol. The third-order valence-electron chi connectivity index (χ3n) is 2.37. The molecule has 0 heterocycles. The first-order valence-corrected chi connectivity index (χ1v) is 6.00. The van der Waals surface area contributed by atoms with E-state index >= 15 is 0 Å². The van der Waals surface area contributed by atoms with Crippen LogP contribution in [0.1, 0.15) is 19.4 Å². The molecule has 0 amide bonds. The van der Waals surface area contributed by atoms with E-state index in [2.05, 4.69) is 32.9 Å². The van der Waals surface area contributed by atoms with Crippen molar-refractivity contribution in [2.24, 2.45) is 0 Å². The van der Waals surface area contributed by atoms with Crippen molar-refractivity contribution in [3.8, 4) is 0 Å². The van der Waals surface area contributed by atoms with Gasteiger partial charge in [0.25, 0.3) is 0 Å². The van der Waals surface area contributed by atoms with E-state index in [-0.39, 0.29) is 12.0 Å². The molecule has 1 unspecified atom stereocenters. The summed E-state index contributed by atoms with van der Waals surface area (Å²) in [7, 11) is 1.39. The monoisotopic (exact) mass is 285 g/mol. The van der Waals surface area contributed by atoms with E-state index in [1.807, 2.05) is 18.2 Å². The quantitative estimate of drug-likeness (QED) is 0.865. The maximum absolute atomic E-state index is 11.3. The minimum Gasteiger partial charge on any atom is -0.467 e. The molecule has 0 spiro atoms. The number of nitrogens with one attached hydrogen (secondary N) is 1. The fourth-order valence-corrected chi connectivity index (χ4v) is 1.87. The summed E-state index contributed by atoms with van der Waals surface area (Å²) in [5.41, 5.74) is 2.15. The molecule has 1 aromatic carbocycles. The van der Waals surface area contributed by atoms with E-state index < -0.39 is 0 Å². The van der Waals surface area contributed by atoms with Crippen molar-refractivity contribution < 1.29 is 9.53 Å². The van der Waals surface area contributed by atoms with E-state index in [1.54, 1.807) is 6.92 Å². The van der Waals surface area contributed by atoms with Crippen molar-refractivity contribution in [3.63, 3.8) is 0 Å². The van der Waals surface area contributed by atoms with Gasteiger partial charge >= 0.3 is 5.97 Å². The first-order valence-electron chi connectivity index (χ1n) is 5.21. The Balaban J connectivity index is 2.84. The Bertz CT molecular complexity index is 379. The second kappa shape index (κ2) is 5.89. The Morgan fingerprint density at radius 2 is 2.25 bits per heavy atom. The number of carbonyl (C=O) groups excluding carboxylic acids is 1. The Kier molecular flexibility index (Phi) is 4.80. The predicted octanol–water partition coefficient (Wildman–Crippen LogP) is 2.98. The molecular weight excluding hydrogens is 270 g/mol. The lowest BCUT2D eigenvalue weighted by molar-refractivity contribution is -0.141. The highest BCUT2D eigenvalue weighted by atomic mass is 79.9. The van der Waals surface area contributed by atoms with Crippen LogP contribution < -0.4 is 5.32 Å². The summed E-state index contributed by atoms with van der Waals surface area (Å²) < 4.78 is 5.71. The number of hydrogen-bond acceptors (Lipinski definition) is 3. The SMILES string of the molecule is CCc1cc(Br)ccc1NC(C)C(=O)OC. The van der Waals surface area contributed by atoms with Gasteiger partial charge in [-0.05, 0) is 37.1 Å². The van der Waals surface area contributed by atoms with Gasteiger partial charge in [-0.2, -0.15) is 0 Å².